The van der Waals surface area contributed by atoms with E-state index in [1.54, 1.807) is 0 Å². The maximum Gasteiger partial charge on any atom is 0.120 e. The Hall–Kier alpha value is -1.02. The molecule has 2 nitrogen and oxygen atoms in total. The van der Waals surface area contributed by atoms with E-state index in [-0.39, 0.29) is 6.04 Å². The highest BCUT2D eigenvalue weighted by molar-refractivity contribution is 5.30. The zero-order valence-electron chi connectivity index (χ0n) is 11.6. The lowest BCUT2D eigenvalue weighted by Gasteiger charge is -2.31. The lowest BCUT2D eigenvalue weighted by molar-refractivity contribution is 0.0903. The zero-order valence-corrected chi connectivity index (χ0v) is 11.6. The summed E-state index contributed by atoms with van der Waals surface area (Å²) >= 11 is 0. The molecule has 1 saturated carbocycles. The van der Waals surface area contributed by atoms with Crippen molar-refractivity contribution in [3.63, 3.8) is 0 Å². The Bertz CT molecular complexity index is 375. The van der Waals surface area contributed by atoms with Gasteiger partial charge in [-0.2, -0.15) is 0 Å². The van der Waals surface area contributed by atoms with Crippen LogP contribution in [-0.4, -0.2) is 6.10 Å². The highest BCUT2D eigenvalue weighted by Crippen LogP contribution is 2.31. The average molecular weight is 247 g/mol. The molecule has 1 fully saturated rings. The molecule has 0 aliphatic heterocycles. The van der Waals surface area contributed by atoms with Crippen LogP contribution < -0.4 is 10.5 Å². The molecule has 1 aromatic carbocycles. The number of hydrogen-bond donors (Lipinski definition) is 1. The summed E-state index contributed by atoms with van der Waals surface area (Å²) in [6.07, 6.45) is 6.78. The summed E-state index contributed by atoms with van der Waals surface area (Å²) in [5.74, 6) is 1.70. The summed E-state index contributed by atoms with van der Waals surface area (Å²) in [6, 6.07) is 8.31. The molecule has 0 aromatic heterocycles. The third-order valence-electron chi connectivity index (χ3n) is 4.04. The molecule has 0 amide bonds. The van der Waals surface area contributed by atoms with Gasteiger partial charge in [-0.3, -0.25) is 0 Å². The first kappa shape index (κ1) is 13.4. The third-order valence-corrected chi connectivity index (χ3v) is 4.04. The van der Waals surface area contributed by atoms with E-state index in [0.717, 1.165) is 17.2 Å². The molecule has 0 bridgehead atoms. The van der Waals surface area contributed by atoms with Gasteiger partial charge in [0.15, 0.2) is 0 Å². The van der Waals surface area contributed by atoms with Gasteiger partial charge in [0.1, 0.15) is 11.9 Å². The molecule has 100 valence electrons. The maximum atomic E-state index is 6.19. The van der Waals surface area contributed by atoms with E-state index in [0.29, 0.717) is 6.10 Å². The SMILES string of the molecule is CCC1CCCCC1Oc1cccc(C(C)N)c1. The molecule has 3 unspecified atom stereocenters. The Morgan fingerprint density at radius 2 is 2.11 bits per heavy atom. The van der Waals surface area contributed by atoms with Gasteiger partial charge in [0, 0.05) is 6.04 Å². The van der Waals surface area contributed by atoms with Gasteiger partial charge >= 0.3 is 0 Å². The van der Waals surface area contributed by atoms with Crippen LogP contribution in [-0.2, 0) is 0 Å². The van der Waals surface area contributed by atoms with Crippen LogP contribution in [0.15, 0.2) is 24.3 Å². The highest BCUT2D eigenvalue weighted by atomic mass is 16.5. The molecule has 0 spiro atoms. The van der Waals surface area contributed by atoms with E-state index in [1.165, 1.54) is 32.1 Å². The molecule has 2 heteroatoms. The number of ether oxygens (including phenoxy) is 1. The van der Waals surface area contributed by atoms with Crippen LogP contribution in [0.5, 0.6) is 5.75 Å². The van der Waals surface area contributed by atoms with Gasteiger partial charge < -0.3 is 10.5 Å². The van der Waals surface area contributed by atoms with Crippen LogP contribution in [0.25, 0.3) is 0 Å². The van der Waals surface area contributed by atoms with Gasteiger partial charge in [-0.25, -0.2) is 0 Å². The molecule has 0 heterocycles. The van der Waals surface area contributed by atoms with E-state index in [4.69, 9.17) is 10.5 Å². The van der Waals surface area contributed by atoms with Gasteiger partial charge in [-0.15, -0.1) is 0 Å². The first-order valence-electron chi connectivity index (χ1n) is 7.23. The van der Waals surface area contributed by atoms with Gasteiger partial charge in [-0.05, 0) is 56.2 Å². The summed E-state index contributed by atoms with van der Waals surface area (Å²) < 4.78 is 6.19. The van der Waals surface area contributed by atoms with Crippen molar-refractivity contribution in [2.24, 2.45) is 11.7 Å². The van der Waals surface area contributed by atoms with Crippen LogP contribution in [0.4, 0.5) is 0 Å². The summed E-state index contributed by atoms with van der Waals surface area (Å²) in [7, 11) is 0. The van der Waals surface area contributed by atoms with Crippen LogP contribution >= 0.6 is 0 Å². The van der Waals surface area contributed by atoms with E-state index in [9.17, 15) is 0 Å². The second-order valence-electron chi connectivity index (χ2n) is 5.47. The van der Waals surface area contributed by atoms with Crippen LogP contribution in [0, 0.1) is 5.92 Å². The van der Waals surface area contributed by atoms with Crippen molar-refractivity contribution in [2.45, 2.75) is 58.1 Å². The predicted molar refractivity (Wildman–Crippen MR) is 75.7 cm³/mol. The van der Waals surface area contributed by atoms with Crippen molar-refractivity contribution >= 4 is 0 Å². The molecular weight excluding hydrogens is 222 g/mol. The second kappa shape index (κ2) is 6.24. The molecule has 3 atom stereocenters. The average Bonchev–Trinajstić information content (AvgIpc) is 2.39. The van der Waals surface area contributed by atoms with E-state index in [2.05, 4.69) is 19.1 Å². The van der Waals surface area contributed by atoms with Crippen molar-refractivity contribution in [3.05, 3.63) is 29.8 Å². The smallest absolute Gasteiger partial charge is 0.120 e. The van der Waals surface area contributed by atoms with Crippen molar-refractivity contribution in [3.8, 4) is 5.75 Å². The molecule has 1 aliphatic rings. The highest BCUT2D eigenvalue weighted by Gasteiger charge is 2.25. The molecule has 18 heavy (non-hydrogen) atoms. The predicted octanol–water partition coefficient (Wildman–Crippen LogP) is 4.05. The topological polar surface area (TPSA) is 35.2 Å². The molecule has 0 radical (unpaired) electrons. The zero-order chi connectivity index (χ0) is 13.0. The van der Waals surface area contributed by atoms with Gasteiger partial charge in [0.25, 0.3) is 0 Å². The molecule has 1 aliphatic carbocycles. The lowest BCUT2D eigenvalue weighted by atomic mass is 9.85. The number of hydrogen-bond acceptors (Lipinski definition) is 2. The number of rotatable bonds is 4. The summed E-state index contributed by atoms with van der Waals surface area (Å²) in [5.41, 5.74) is 7.06. The second-order valence-corrected chi connectivity index (χ2v) is 5.47. The van der Waals surface area contributed by atoms with Crippen molar-refractivity contribution in [2.75, 3.05) is 0 Å². The monoisotopic (exact) mass is 247 g/mol. The van der Waals surface area contributed by atoms with Crippen molar-refractivity contribution < 1.29 is 4.74 Å². The Morgan fingerprint density at radius 3 is 2.83 bits per heavy atom. The summed E-state index contributed by atoms with van der Waals surface area (Å²) in [4.78, 5) is 0. The van der Waals surface area contributed by atoms with Crippen LogP contribution in [0.3, 0.4) is 0 Å². The van der Waals surface area contributed by atoms with Crippen LogP contribution in [0.2, 0.25) is 0 Å². The third kappa shape index (κ3) is 3.26. The molecular formula is C16H25NO. The van der Waals surface area contributed by atoms with E-state index >= 15 is 0 Å². The van der Waals surface area contributed by atoms with Gasteiger partial charge in [0.2, 0.25) is 0 Å². The summed E-state index contributed by atoms with van der Waals surface area (Å²) in [5, 5.41) is 0. The first-order valence-corrected chi connectivity index (χ1v) is 7.23. The minimum Gasteiger partial charge on any atom is -0.490 e. The van der Waals surface area contributed by atoms with Gasteiger partial charge in [-0.1, -0.05) is 25.5 Å². The summed E-state index contributed by atoms with van der Waals surface area (Å²) in [6.45, 7) is 4.28. The quantitative estimate of drug-likeness (QED) is 0.871. The number of nitrogens with two attached hydrogens (primary N) is 1. The van der Waals surface area contributed by atoms with E-state index < -0.39 is 0 Å². The fourth-order valence-corrected chi connectivity index (χ4v) is 2.84. The Balaban J connectivity index is 2.05. The fourth-order valence-electron chi connectivity index (χ4n) is 2.84. The minimum absolute atomic E-state index is 0.0712. The van der Waals surface area contributed by atoms with E-state index in [1.807, 2.05) is 19.1 Å². The lowest BCUT2D eigenvalue weighted by Crippen LogP contribution is -2.29. The van der Waals surface area contributed by atoms with Crippen LogP contribution in [0.1, 0.15) is 57.6 Å². The van der Waals surface area contributed by atoms with Crippen molar-refractivity contribution in [1.82, 2.24) is 0 Å². The van der Waals surface area contributed by atoms with Gasteiger partial charge in [0.05, 0.1) is 0 Å². The standard InChI is InChI=1S/C16H25NO/c1-3-13-7-4-5-10-16(13)18-15-9-6-8-14(11-15)12(2)17/h6,8-9,11-13,16H,3-5,7,10,17H2,1-2H3. The fraction of sp³-hybridized carbons (Fsp3) is 0.625. The Labute approximate surface area is 111 Å². The largest absolute Gasteiger partial charge is 0.490 e. The Kier molecular flexibility index (Phi) is 4.65. The Morgan fingerprint density at radius 1 is 1.33 bits per heavy atom. The molecule has 1 aromatic rings. The minimum atomic E-state index is 0.0712. The normalized spacial score (nSPS) is 25.7. The number of benzene rings is 1. The van der Waals surface area contributed by atoms with Crippen molar-refractivity contribution in [1.29, 1.82) is 0 Å². The maximum absolute atomic E-state index is 6.19. The molecule has 2 rings (SSSR count). The molecule has 2 N–H and O–H groups in total. The molecule has 0 saturated heterocycles. The first-order chi connectivity index (χ1) is 8.70.